The third kappa shape index (κ3) is 5.27. The summed E-state index contributed by atoms with van der Waals surface area (Å²) in [4.78, 5) is 6.42. The average Bonchev–Trinajstić information content (AvgIpc) is 2.59. The molecule has 0 radical (unpaired) electrons. The third-order valence-corrected chi connectivity index (χ3v) is 4.91. The molecule has 25 heavy (non-hydrogen) atoms. The van der Waals surface area contributed by atoms with Gasteiger partial charge in [0.1, 0.15) is 0 Å². The van der Waals surface area contributed by atoms with Gasteiger partial charge in [0.15, 0.2) is 5.11 Å². The van der Waals surface area contributed by atoms with Crippen molar-refractivity contribution >= 4 is 23.0 Å². The summed E-state index contributed by atoms with van der Waals surface area (Å²) < 4.78 is 0. The first-order chi connectivity index (χ1) is 11.9. The van der Waals surface area contributed by atoms with E-state index in [4.69, 9.17) is 12.2 Å². The number of rotatable bonds is 6. The second kappa shape index (κ2) is 8.95. The fourth-order valence-corrected chi connectivity index (χ4v) is 3.23. The Morgan fingerprint density at radius 3 is 2.24 bits per heavy atom. The monoisotopic (exact) mass is 355 g/mol. The Morgan fingerprint density at radius 1 is 1.08 bits per heavy atom. The molecule has 1 aromatic carbocycles. The number of hydrogen-bond acceptors (Lipinski definition) is 2. The maximum Gasteiger partial charge on any atom is 0.173 e. The van der Waals surface area contributed by atoms with Crippen molar-refractivity contribution in [2.45, 2.75) is 47.1 Å². The van der Waals surface area contributed by atoms with E-state index in [9.17, 15) is 0 Å². The summed E-state index contributed by atoms with van der Waals surface area (Å²) in [5, 5.41) is 4.27. The lowest BCUT2D eigenvalue weighted by Gasteiger charge is -2.33. The number of benzene rings is 1. The number of nitrogens with zero attached hydrogens (tertiary/aromatic N) is 2. The van der Waals surface area contributed by atoms with Crippen LogP contribution in [-0.4, -0.2) is 21.5 Å². The van der Waals surface area contributed by atoms with E-state index in [0.717, 1.165) is 23.8 Å². The number of pyridine rings is 1. The van der Waals surface area contributed by atoms with E-state index >= 15 is 0 Å². The van der Waals surface area contributed by atoms with Gasteiger partial charge in [0.25, 0.3) is 0 Å². The molecule has 0 bridgehead atoms. The predicted molar refractivity (Wildman–Crippen MR) is 111 cm³/mol. The average molecular weight is 356 g/mol. The van der Waals surface area contributed by atoms with Gasteiger partial charge in [-0.25, -0.2) is 0 Å². The summed E-state index contributed by atoms with van der Waals surface area (Å²) in [5.74, 6) is 0.634. The van der Waals surface area contributed by atoms with Crippen LogP contribution in [0.1, 0.15) is 49.9 Å². The van der Waals surface area contributed by atoms with Gasteiger partial charge in [0.2, 0.25) is 0 Å². The van der Waals surface area contributed by atoms with E-state index in [2.05, 4.69) is 80.2 Å². The molecular formula is C21H29N3S. The van der Waals surface area contributed by atoms with Crippen LogP contribution in [0.15, 0.2) is 42.7 Å². The van der Waals surface area contributed by atoms with Crippen molar-refractivity contribution in [2.75, 3.05) is 11.9 Å². The highest BCUT2D eigenvalue weighted by molar-refractivity contribution is 7.80. The van der Waals surface area contributed by atoms with Crippen molar-refractivity contribution < 1.29 is 0 Å². The maximum absolute atomic E-state index is 5.80. The van der Waals surface area contributed by atoms with Crippen LogP contribution in [0.3, 0.4) is 0 Å². The zero-order chi connectivity index (χ0) is 18.4. The van der Waals surface area contributed by atoms with Crippen LogP contribution >= 0.6 is 12.2 Å². The molecule has 2 rings (SSSR count). The molecule has 0 aliphatic carbocycles. The summed E-state index contributed by atoms with van der Waals surface area (Å²) in [6.45, 7) is 11.9. The van der Waals surface area contributed by atoms with Crippen LogP contribution in [0.2, 0.25) is 0 Å². The highest BCUT2D eigenvalue weighted by Gasteiger charge is 2.20. The Balaban J connectivity index is 2.23. The van der Waals surface area contributed by atoms with E-state index in [1.165, 1.54) is 16.7 Å². The standard InChI is InChI=1S/C21H29N3S/c1-15(2)11-14-24(18(5)19-9-12-22-13-10-19)21(25)23-20-16(3)7-6-8-17(20)4/h6-10,12-13,15,18H,11,14H2,1-5H3,(H,23,25)/t18-/m1/s1. The second-order valence-corrected chi connectivity index (χ2v) is 7.42. The molecule has 0 saturated carbocycles. The number of anilines is 1. The van der Waals surface area contributed by atoms with Gasteiger partial charge in [0.05, 0.1) is 6.04 Å². The van der Waals surface area contributed by atoms with Crippen LogP contribution < -0.4 is 5.32 Å². The highest BCUT2D eigenvalue weighted by atomic mass is 32.1. The minimum atomic E-state index is 0.200. The molecule has 4 heteroatoms. The fourth-order valence-electron chi connectivity index (χ4n) is 2.88. The van der Waals surface area contributed by atoms with Crippen LogP contribution in [0.25, 0.3) is 0 Å². The van der Waals surface area contributed by atoms with E-state index in [1.807, 2.05) is 12.4 Å². The molecular weight excluding hydrogens is 326 g/mol. The Hall–Kier alpha value is -1.94. The zero-order valence-electron chi connectivity index (χ0n) is 15.9. The SMILES string of the molecule is Cc1cccc(C)c1NC(=S)N(CCC(C)C)[C@H](C)c1ccncc1. The van der Waals surface area contributed by atoms with Crippen LogP contribution in [0.4, 0.5) is 5.69 Å². The minimum absolute atomic E-state index is 0.200. The first-order valence-corrected chi connectivity index (χ1v) is 9.34. The van der Waals surface area contributed by atoms with Crippen molar-refractivity contribution in [3.05, 3.63) is 59.4 Å². The van der Waals surface area contributed by atoms with Gasteiger partial charge in [0, 0.05) is 24.6 Å². The van der Waals surface area contributed by atoms with Gasteiger partial charge in [-0.2, -0.15) is 0 Å². The summed E-state index contributed by atoms with van der Waals surface area (Å²) in [7, 11) is 0. The Morgan fingerprint density at radius 2 is 1.68 bits per heavy atom. The largest absolute Gasteiger partial charge is 0.342 e. The lowest BCUT2D eigenvalue weighted by Crippen LogP contribution is -2.38. The Bertz CT molecular complexity index is 677. The first kappa shape index (κ1) is 19.4. The number of nitrogens with one attached hydrogen (secondary N) is 1. The molecule has 3 nitrogen and oxygen atoms in total. The van der Waals surface area contributed by atoms with Crippen LogP contribution in [-0.2, 0) is 0 Å². The van der Waals surface area contributed by atoms with Gasteiger partial charge in [-0.15, -0.1) is 0 Å². The summed E-state index contributed by atoms with van der Waals surface area (Å²) in [5.41, 5.74) is 4.76. The molecule has 1 atom stereocenters. The molecule has 0 amide bonds. The summed E-state index contributed by atoms with van der Waals surface area (Å²) in [6.07, 6.45) is 4.78. The topological polar surface area (TPSA) is 28.2 Å². The number of hydrogen-bond donors (Lipinski definition) is 1. The van der Waals surface area contributed by atoms with Crippen molar-refractivity contribution in [3.63, 3.8) is 0 Å². The van der Waals surface area contributed by atoms with Crippen LogP contribution in [0, 0.1) is 19.8 Å². The van der Waals surface area contributed by atoms with Crippen molar-refractivity contribution in [3.8, 4) is 0 Å². The van der Waals surface area contributed by atoms with Gasteiger partial charge in [-0.1, -0.05) is 32.0 Å². The van der Waals surface area contributed by atoms with Crippen molar-refractivity contribution in [1.29, 1.82) is 0 Å². The molecule has 1 heterocycles. The molecule has 2 aromatic rings. The molecule has 134 valence electrons. The van der Waals surface area contributed by atoms with E-state index < -0.39 is 0 Å². The molecule has 1 N–H and O–H groups in total. The van der Waals surface area contributed by atoms with Gasteiger partial charge in [-0.3, -0.25) is 4.98 Å². The zero-order valence-corrected chi connectivity index (χ0v) is 16.7. The molecule has 0 saturated heterocycles. The number of thiocarbonyl (C=S) groups is 1. The van der Waals surface area contributed by atoms with E-state index in [-0.39, 0.29) is 6.04 Å². The van der Waals surface area contributed by atoms with Crippen LogP contribution in [0.5, 0.6) is 0 Å². The first-order valence-electron chi connectivity index (χ1n) is 8.94. The molecule has 0 aliphatic heterocycles. The highest BCUT2D eigenvalue weighted by Crippen LogP contribution is 2.25. The number of aryl methyl sites for hydroxylation is 2. The Labute approximate surface area is 157 Å². The lowest BCUT2D eigenvalue weighted by molar-refractivity contribution is 0.318. The van der Waals surface area contributed by atoms with Crippen molar-refractivity contribution in [2.24, 2.45) is 5.92 Å². The van der Waals surface area contributed by atoms with Crippen molar-refractivity contribution in [1.82, 2.24) is 9.88 Å². The van der Waals surface area contributed by atoms with Gasteiger partial charge < -0.3 is 10.2 Å². The molecule has 0 aliphatic rings. The predicted octanol–water partition coefficient (Wildman–Crippen LogP) is 5.50. The van der Waals surface area contributed by atoms with Gasteiger partial charge in [-0.05, 0) is 74.2 Å². The number of aromatic nitrogens is 1. The summed E-state index contributed by atoms with van der Waals surface area (Å²) >= 11 is 5.80. The van der Waals surface area contributed by atoms with E-state index in [1.54, 1.807) is 0 Å². The smallest absolute Gasteiger partial charge is 0.173 e. The maximum atomic E-state index is 5.80. The van der Waals surface area contributed by atoms with Gasteiger partial charge >= 0.3 is 0 Å². The quantitative estimate of drug-likeness (QED) is 0.692. The Kier molecular flexibility index (Phi) is 6.94. The lowest BCUT2D eigenvalue weighted by atomic mass is 10.1. The molecule has 0 unspecified atom stereocenters. The molecule has 0 fully saturated rings. The summed E-state index contributed by atoms with van der Waals surface area (Å²) in [6, 6.07) is 10.6. The normalized spacial score (nSPS) is 12.1. The molecule has 1 aromatic heterocycles. The van der Waals surface area contributed by atoms with E-state index in [0.29, 0.717) is 5.92 Å². The molecule has 0 spiro atoms. The number of para-hydroxylation sites is 1. The fraction of sp³-hybridized carbons (Fsp3) is 0.429. The second-order valence-electron chi connectivity index (χ2n) is 7.03. The third-order valence-electron chi connectivity index (χ3n) is 4.58. The minimum Gasteiger partial charge on any atom is -0.342 e.